The van der Waals surface area contributed by atoms with E-state index in [0.717, 1.165) is 40.4 Å². The molecule has 1 aliphatic rings. The van der Waals surface area contributed by atoms with E-state index in [2.05, 4.69) is 9.97 Å². The summed E-state index contributed by atoms with van der Waals surface area (Å²) in [5.74, 6) is 0. The molecular weight excluding hydrogens is 318 g/mol. The summed E-state index contributed by atoms with van der Waals surface area (Å²) < 4.78 is 27.2. The first kappa shape index (κ1) is 15.6. The molecule has 1 aliphatic carbocycles. The number of sulfonamides is 1. The zero-order valence-corrected chi connectivity index (χ0v) is 14.5. The molecule has 0 radical (unpaired) electrons. The van der Waals surface area contributed by atoms with E-state index in [-0.39, 0.29) is 10.9 Å². The van der Waals surface area contributed by atoms with Gasteiger partial charge in [0.1, 0.15) is 4.90 Å². The summed E-state index contributed by atoms with van der Waals surface area (Å²) in [5.41, 5.74) is 1.90. The highest BCUT2D eigenvalue weighted by Crippen LogP contribution is 2.39. The molecule has 0 bridgehead atoms. The quantitative estimate of drug-likeness (QED) is 0.864. The summed E-state index contributed by atoms with van der Waals surface area (Å²) in [5, 5.41) is 1.000. The third-order valence-electron chi connectivity index (χ3n) is 3.99. The van der Waals surface area contributed by atoms with Crippen LogP contribution >= 0.6 is 11.3 Å². The average molecular weight is 337 g/mol. The van der Waals surface area contributed by atoms with Gasteiger partial charge in [-0.15, -0.1) is 11.3 Å². The first-order valence-corrected chi connectivity index (χ1v) is 9.51. The second kappa shape index (κ2) is 5.72. The Hall–Kier alpha value is -1.31. The Morgan fingerprint density at radius 3 is 2.82 bits per heavy atom. The van der Waals surface area contributed by atoms with Crippen molar-refractivity contribution < 1.29 is 8.42 Å². The summed E-state index contributed by atoms with van der Waals surface area (Å²) in [4.78, 5) is 9.89. The van der Waals surface area contributed by atoms with Gasteiger partial charge in [0.15, 0.2) is 0 Å². The van der Waals surface area contributed by atoms with Gasteiger partial charge in [-0.2, -0.15) is 4.31 Å². The van der Waals surface area contributed by atoms with Crippen LogP contribution in [0.2, 0.25) is 0 Å². The molecule has 118 valence electrons. The SMILES string of the molecule is Cc1cncc(S(=O)(=O)N(C)C2CCCc3nc(C)sc32)c1. The van der Waals surface area contributed by atoms with Crippen LogP contribution in [-0.4, -0.2) is 29.7 Å². The van der Waals surface area contributed by atoms with Crippen LogP contribution < -0.4 is 0 Å². The molecule has 1 atom stereocenters. The smallest absolute Gasteiger partial charge is 0.244 e. The lowest BCUT2D eigenvalue weighted by atomic mass is 9.98. The number of thiazole rings is 1. The molecule has 0 aliphatic heterocycles. The van der Waals surface area contributed by atoms with Gasteiger partial charge >= 0.3 is 0 Å². The van der Waals surface area contributed by atoms with Crippen molar-refractivity contribution in [2.75, 3.05) is 7.05 Å². The number of fused-ring (bicyclic) bond motifs is 1. The van der Waals surface area contributed by atoms with Crippen LogP contribution in [-0.2, 0) is 16.4 Å². The molecule has 0 N–H and O–H groups in total. The highest BCUT2D eigenvalue weighted by atomic mass is 32.2. The first-order chi connectivity index (χ1) is 10.4. The van der Waals surface area contributed by atoms with E-state index < -0.39 is 10.0 Å². The number of nitrogens with zero attached hydrogens (tertiary/aromatic N) is 3. The van der Waals surface area contributed by atoms with Crippen LogP contribution in [0.4, 0.5) is 0 Å². The van der Waals surface area contributed by atoms with Crippen LogP contribution in [0, 0.1) is 13.8 Å². The molecule has 1 unspecified atom stereocenters. The predicted octanol–water partition coefficient (Wildman–Crippen LogP) is 2.85. The topological polar surface area (TPSA) is 63.2 Å². The molecule has 0 aromatic carbocycles. The maximum atomic E-state index is 12.9. The lowest BCUT2D eigenvalue weighted by molar-refractivity contribution is 0.341. The van der Waals surface area contributed by atoms with E-state index in [1.807, 2.05) is 13.8 Å². The largest absolute Gasteiger partial charge is 0.263 e. The second-order valence-electron chi connectivity index (χ2n) is 5.67. The lowest BCUT2D eigenvalue weighted by Gasteiger charge is -2.29. The Bertz CT molecular complexity index is 799. The van der Waals surface area contributed by atoms with Crippen LogP contribution in [0.1, 0.15) is 40.0 Å². The summed E-state index contributed by atoms with van der Waals surface area (Å²) in [7, 11) is -1.89. The number of rotatable bonds is 3. The van der Waals surface area contributed by atoms with Crippen molar-refractivity contribution in [2.45, 2.75) is 44.0 Å². The minimum atomic E-state index is -3.54. The Balaban J connectivity index is 1.99. The molecule has 0 saturated carbocycles. The van der Waals surface area contributed by atoms with Gasteiger partial charge in [-0.25, -0.2) is 13.4 Å². The molecule has 3 rings (SSSR count). The van der Waals surface area contributed by atoms with Crippen molar-refractivity contribution in [3.8, 4) is 0 Å². The van der Waals surface area contributed by atoms with Crippen molar-refractivity contribution in [1.29, 1.82) is 0 Å². The van der Waals surface area contributed by atoms with Gasteiger partial charge < -0.3 is 0 Å². The number of hydrogen-bond donors (Lipinski definition) is 0. The molecule has 2 aromatic heterocycles. The molecule has 7 heteroatoms. The summed E-state index contributed by atoms with van der Waals surface area (Å²) in [6.07, 6.45) is 5.82. The van der Waals surface area contributed by atoms with E-state index in [1.165, 1.54) is 10.5 Å². The number of hydrogen-bond acceptors (Lipinski definition) is 5. The predicted molar refractivity (Wildman–Crippen MR) is 86.5 cm³/mol. The van der Waals surface area contributed by atoms with E-state index in [9.17, 15) is 8.42 Å². The number of aryl methyl sites for hydroxylation is 3. The van der Waals surface area contributed by atoms with E-state index in [1.54, 1.807) is 30.6 Å². The average Bonchev–Trinajstić information content (AvgIpc) is 2.86. The number of aromatic nitrogens is 2. The molecule has 0 spiro atoms. The third-order valence-corrected chi connectivity index (χ3v) is 6.94. The van der Waals surface area contributed by atoms with Gasteiger partial charge in [0.05, 0.1) is 16.7 Å². The molecule has 5 nitrogen and oxygen atoms in total. The van der Waals surface area contributed by atoms with Crippen molar-refractivity contribution in [1.82, 2.24) is 14.3 Å². The fourth-order valence-electron chi connectivity index (χ4n) is 2.87. The fourth-order valence-corrected chi connectivity index (χ4v) is 5.49. The minimum Gasteiger partial charge on any atom is -0.263 e. The molecular formula is C15H19N3O2S2. The van der Waals surface area contributed by atoms with Crippen LogP contribution in [0.15, 0.2) is 23.4 Å². The normalized spacial score (nSPS) is 18.5. The summed E-state index contributed by atoms with van der Waals surface area (Å²) >= 11 is 1.61. The molecule has 2 aromatic rings. The standard InChI is InChI=1S/C15H19N3O2S2/c1-10-7-12(9-16-8-10)22(19,20)18(3)14-6-4-5-13-15(14)21-11(2)17-13/h7-9,14H,4-6H2,1-3H3. The van der Waals surface area contributed by atoms with Gasteiger partial charge in [0, 0.05) is 24.3 Å². The molecule has 0 amide bonds. The van der Waals surface area contributed by atoms with Gasteiger partial charge in [-0.05, 0) is 44.7 Å². The highest BCUT2D eigenvalue weighted by Gasteiger charge is 2.34. The number of pyridine rings is 1. The van der Waals surface area contributed by atoms with Gasteiger partial charge in [-0.3, -0.25) is 4.98 Å². The van der Waals surface area contributed by atoms with Crippen molar-refractivity contribution in [2.24, 2.45) is 0 Å². The Morgan fingerprint density at radius 1 is 1.32 bits per heavy atom. The maximum absolute atomic E-state index is 12.9. The van der Waals surface area contributed by atoms with Gasteiger partial charge in [0.2, 0.25) is 10.0 Å². The van der Waals surface area contributed by atoms with E-state index in [4.69, 9.17) is 0 Å². The monoisotopic (exact) mass is 337 g/mol. The first-order valence-electron chi connectivity index (χ1n) is 7.25. The molecule has 22 heavy (non-hydrogen) atoms. The van der Waals surface area contributed by atoms with Gasteiger partial charge in [0.25, 0.3) is 0 Å². The van der Waals surface area contributed by atoms with Crippen LogP contribution in [0.5, 0.6) is 0 Å². The lowest BCUT2D eigenvalue weighted by Crippen LogP contribution is -2.33. The van der Waals surface area contributed by atoms with Crippen LogP contribution in [0.3, 0.4) is 0 Å². The van der Waals surface area contributed by atoms with Crippen molar-refractivity contribution in [3.05, 3.63) is 39.6 Å². The molecule has 2 heterocycles. The van der Waals surface area contributed by atoms with Crippen molar-refractivity contribution in [3.63, 3.8) is 0 Å². The highest BCUT2D eigenvalue weighted by molar-refractivity contribution is 7.89. The summed E-state index contributed by atoms with van der Waals surface area (Å²) in [6, 6.07) is 1.54. The third kappa shape index (κ3) is 2.68. The van der Waals surface area contributed by atoms with Crippen molar-refractivity contribution >= 4 is 21.4 Å². The zero-order valence-electron chi connectivity index (χ0n) is 12.9. The summed E-state index contributed by atoms with van der Waals surface area (Å²) in [6.45, 7) is 3.82. The van der Waals surface area contributed by atoms with Crippen LogP contribution in [0.25, 0.3) is 0 Å². The zero-order chi connectivity index (χ0) is 15.9. The Morgan fingerprint density at radius 2 is 2.09 bits per heavy atom. The Kier molecular flexibility index (Phi) is 4.05. The molecule has 0 saturated heterocycles. The Labute approximate surface area is 135 Å². The van der Waals surface area contributed by atoms with E-state index in [0.29, 0.717) is 0 Å². The van der Waals surface area contributed by atoms with Gasteiger partial charge in [-0.1, -0.05) is 0 Å². The maximum Gasteiger partial charge on any atom is 0.244 e. The molecule has 0 fully saturated rings. The fraction of sp³-hybridized carbons (Fsp3) is 0.467. The minimum absolute atomic E-state index is 0.125. The van der Waals surface area contributed by atoms with E-state index >= 15 is 0 Å². The second-order valence-corrected chi connectivity index (χ2v) is 8.90.